The van der Waals surface area contributed by atoms with Crippen molar-refractivity contribution in [3.05, 3.63) is 71.7 Å². The number of aromatic nitrogens is 4. The summed E-state index contributed by atoms with van der Waals surface area (Å²) in [5.74, 6) is -0.211. The Labute approximate surface area is 194 Å². The highest BCUT2D eigenvalue weighted by atomic mass is 16.2. The van der Waals surface area contributed by atoms with Gasteiger partial charge in [0.1, 0.15) is 11.9 Å². The van der Waals surface area contributed by atoms with E-state index in [1.165, 1.54) is 10.9 Å². The molecule has 0 saturated heterocycles. The number of hydrogen-bond acceptors (Lipinski definition) is 5. The molecule has 2 aromatic heterocycles. The van der Waals surface area contributed by atoms with E-state index in [0.29, 0.717) is 23.5 Å². The molecule has 1 aliphatic heterocycles. The van der Waals surface area contributed by atoms with Crippen LogP contribution in [0.4, 0.5) is 11.6 Å². The van der Waals surface area contributed by atoms with Crippen molar-refractivity contribution in [2.24, 2.45) is 0 Å². The molecule has 0 spiro atoms. The molecule has 3 heterocycles. The average Bonchev–Trinajstić information content (AvgIpc) is 3.44. The summed E-state index contributed by atoms with van der Waals surface area (Å²) in [5.41, 5.74) is 3.12. The summed E-state index contributed by atoms with van der Waals surface area (Å²) in [4.78, 5) is 44.8. The van der Waals surface area contributed by atoms with Gasteiger partial charge in [-0.1, -0.05) is 30.3 Å². The van der Waals surface area contributed by atoms with Crippen LogP contribution >= 0.6 is 0 Å². The van der Waals surface area contributed by atoms with Crippen molar-refractivity contribution in [2.75, 3.05) is 10.6 Å². The molecule has 10 nitrogen and oxygen atoms in total. The van der Waals surface area contributed by atoms with Gasteiger partial charge in [0.25, 0.3) is 5.91 Å². The van der Waals surface area contributed by atoms with E-state index in [-0.39, 0.29) is 36.5 Å². The van der Waals surface area contributed by atoms with Gasteiger partial charge in [-0.2, -0.15) is 4.98 Å². The molecule has 172 valence electrons. The molecular weight excluding hydrogens is 434 g/mol. The molecular formula is C24H23N7O3. The van der Waals surface area contributed by atoms with Crippen molar-refractivity contribution in [3.8, 4) is 0 Å². The number of nitrogens with one attached hydrogen (secondary N) is 5. The zero-order valence-electron chi connectivity index (χ0n) is 18.2. The minimum atomic E-state index is -0.815. The highest BCUT2D eigenvalue weighted by molar-refractivity contribution is 6.09. The number of hydrogen-bond donors (Lipinski definition) is 5. The Hall–Kier alpha value is -4.47. The number of nitrogens with zero attached hydrogens (tertiary/aromatic N) is 2. The van der Waals surface area contributed by atoms with Crippen molar-refractivity contribution < 1.29 is 14.4 Å². The Kier molecular flexibility index (Phi) is 5.77. The second kappa shape index (κ2) is 9.18. The number of H-pyrrole nitrogens is 2. The first-order valence-electron chi connectivity index (χ1n) is 11.0. The Morgan fingerprint density at radius 3 is 2.76 bits per heavy atom. The van der Waals surface area contributed by atoms with Crippen LogP contribution in [0.15, 0.2) is 54.7 Å². The first-order valence-corrected chi connectivity index (χ1v) is 11.0. The molecule has 0 aliphatic carbocycles. The fourth-order valence-corrected chi connectivity index (χ4v) is 4.03. The van der Waals surface area contributed by atoms with Crippen molar-refractivity contribution in [1.29, 1.82) is 0 Å². The molecule has 10 heteroatoms. The van der Waals surface area contributed by atoms with Crippen molar-refractivity contribution in [3.63, 3.8) is 0 Å². The normalized spacial score (nSPS) is 15.4. The van der Waals surface area contributed by atoms with E-state index in [4.69, 9.17) is 0 Å². The highest BCUT2D eigenvalue weighted by Crippen LogP contribution is 2.20. The fourth-order valence-electron chi connectivity index (χ4n) is 4.03. The Morgan fingerprint density at radius 1 is 1.03 bits per heavy atom. The zero-order chi connectivity index (χ0) is 23.5. The molecule has 0 bridgehead atoms. The van der Waals surface area contributed by atoms with E-state index in [2.05, 4.69) is 42.2 Å². The molecule has 4 aromatic rings. The Bertz CT molecular complexity index is 1370. The van der Waals surface area contributed by atoms with E-state index < -0.39 is 6.04 Å². The SMILES string of the molecule is O=C(CCC1NC(=O)c2ccccc2NC1=O)Nc1n[nH]c(CCc2c[nH]c3ccccc23)n1. The van der Waals surface area contributed by atoms with Crippen molar-refractivity contribution >= 4 is 40.3 Å². The summed E-state index contributed by atoms with van der Waals surface area (Å²) in [6, 6.07) is 14.1. The number of aryl methyl sites for hydroxylation is 2. The molecule has 0 saturated carbocycles. The summed E-state index contributed by atoms with van der Waals surface area (Å²) in [6.45, 7) is 0. The van der Waals surface area contributed by atoms with Crippen LogP contribution in [0.1, 0.15) is 34.6 Å². The predicted molar refractivity (Wildman–Crippen MR) is 126 cm³/mol. The number of carbonyl (C=O) groups excluding carboxylic acids is 3. The maximum atomic E-state index is 12.5. The number of rotatable bonds is 7. The van der Waals surface area contributed by atoms with E-state index in [9.17, 15) is 14.4 Å². The van der Waals surface area contributed by atoms with Gasteiger partial charge >= 0.3 is 0 Å². The van der Waals surface area contributed by atoms with E-state index >= 15 is 0 Å². The highest BCUT2D eigenvalue weighted by Gasteiger charge is 2.28. The lowest BCUT2D eigenvalue weighted by Crippen LogP contribution is -2.41. The Morgan fingerprint density at radius 2 is 1.85 bits per heavy atom. The second-order valence-corrected chi connectivity index (χ2v) is 8.11. The number of benzene rings is 2. The van der Waals surface area contributed by atoms with Crippen LogP contribution < -0.4 is 16.0 Å². The lowest BCUT2D eigenvalue weighted by molar-refractivity contribution is -0.118. The van der Waals surface area contributed by atoms with Crippen molar-refractivity contribution in [2.45, 2.75) is 31.7 Å². The maximum Gasteiger partial charge on any atom is 0.254 e. The van der Waals surface area contributed by atoms with Gasteiger partial charge in [-0.3, -0.25) is 24.8 Å². The number of para-hydroxylation sites is 2. The smallest absolute Gasteiger partial charge is 0.254 e. The zero-order valence-corrected chi connectivity index (χ0v) is 18.2. The average molecular weight is 457 g/mol. The first-order chi connectivity index (χ1) is 16.6. The van der Waals surface area contributed by atoms with Gasteiger partial charge in [0, 0.05) is 29.9 Å². The van der Waals surface area contributed by atoms with Crippen LogP contribution in [-0.2, 0) is 22.4 Å². The number of amides is 3. The minimum Gasteiger partial charge on any atom is -0.361 e. The summed E-state index contributed by atoms with van der Waals surface area (Å²) in [6.07, 6.45) is 3.57. The summed E-state index contributed by atoms with van der Waals surface area (Å²) < 4.78 is 0. The number of anilines is 2. The molecule has 3 amide bonds. The molecule has 5 N–H and O–H groups in total. The van der Waals surface area contributed by atoms with Crippen LogP contribution in [-0.4, -0.2) is 43.9 Å². The molecule has 2 aromatic carbocycles. The number of fused-ring (bicyclic) bond motifs is 2. The Balaban J connectivity index is 1.13. The van der Waals surface area contributed by atoms with Crippen LogP contribution in [0.25, 0.3) is 10.9 Å². The van der Waals surface area contributed by atoms with Gasteiger partial charge in [0.2, 0.25) is 17.8 Å². The third-order valence-corrected chi connectivity index (χ3v) is 5.80. The standard InChI is InChI=1S/C24H23N7O3/c32-21(12-10-19-23(34)26-18-8-4-2-6-16(18)22(33)27-19)29-24-28-20(30-31-24)11-9-14-13-25-17-7-3-1-5-15(14)17/h1-8,13,19,25H,9-12H2,(H,26,34)(H,27,33)(H2,28,29,30,31,32). The summed E-state index contributed by atoms with van der Waals surface area (Å²) in [5, 5.41) is 16.1. The quantitative estimate of drug-likeness (QED) is 0.290. The monoisotopic (exact) mass is 457 g/mol. The van der Waals surface area contributed by atoms with Crippen molar-refractivity contribution in [1.82, 2.24) is 25.5 Å². The number of carbonyl (C=O) groups is 3. The summed E-state index contributed by atoms with van der Waals surface area (Å²) in [7, 11) is 0. The van der Waals surface area contributed by atoms with Crippen LogP contribution in [0.2, 0.25) is 0 Å². The van der Waals surface area contributed by atoms with E-state index in [1.54, 1.807) is 24.3 Å². The molecule has 0 fully saturated rings. The molecule has 34 heavy (non-hydrogen) atoms. The molecule has 1 unspecified atom stereocenters. The predicted octanol–water partition coefficient (Wildman–Crippen LogP) is 2.54. The number of aromatic amines is 2. The van der Waals surface area contributed by atoms with Crippen LogP contribution in [0.3, 0.4) is 0 Å². The van der Waals surface area contributed by atoms with E-state index in [0.717, 1.165) is 11.9 Å². The largest absolute Gasteiger partial charge is 0.361 e. The topological polar surface area (TPSA) is 145 Å². The van der Waals surface area contributed by atoms with E-state index in [1.807, 2.05) is 24.4 Å². The lowest BCUT2D eigenvalue weighted by Gasteiger charge is -2.13. The van der Waals surface area contributed by atoms with Gasteiger partial charge in [0.15, 0.2) is 0 Å². The molecule has 0 radical (unpaired) electrons. The minimum absolute atomic E-state index is 0.0218. The molecule has 1 atom stereocenters. The lowest BCUT2D eigenvalue weighted by atomic mass is 10.1. The first kappa shape index (κ1) is 21.4. The third-order valence-electron chi connectivity index (χ3n) is 5.80. The van der Waals surface area contributed by atoms with Crippen LogP contribution in [0.5, 0.6) is 0 Å². The maximum absolute atomic E-state index is 12.5. The van der Waals surface area contributed by atoms with Gasteiger partial charge in [-0.05, 0) is 36.6 Å². The van der Waals surface area contributed by atoms with Gasteiger partial charge < -0.3 is 15.6 Å². The second-order valence-electron chi connectivity index (χ2n) is 8.11. The molecule has 1 aliphatic rings. The van der Waals surface area contributed by atoms with Gasteiger partial charge in [-0.25, -0.2) is 0 Å². The fraction of sp³-hybridized carbons (Fsp3) is 0.208. The van der Waals surface area contributed by atoms with Crippen LogP contribution in [0, 0.1) is 0 Å². The van der Waals surface area contributed by atoms with Gasteiger partial charge in [0.05, 0.1) is 11.3 Å². The molecule has 5 rings (SSSR count). The third kappa shape index (κ3) is 4.51. The summed E-state index contributed by atoms with van der Waals surface area (Å²) >= 11 is 0. The van der Waals surface area contributed by atoms with Gasteiger partial charge in [-0.15, -0.1) is 5.10 Å².